The maximum atomic E-state index is 13.4. The molecule has 2 aromatic rings. The normalized spacial score (nSPS) is 19.5. The van der Waals surface area contributed by atoms with Crippen LogP contribution in [0.3, 0.4) is 0 Å². The van der Waals surface area contributed by atoms with Crippen LogP contribution in [0.5, 0.6) is 0 Å². The molecule has 1 aliphatic rings. The molecule has 26 heavy (non-hydrogen) atoms. The highest BCUT2D eigenvalue weighted by atomic mass is 32.1. The van der Waals surface area contributed by atoms with E-state index in [1.807, 2.05) is 6.07 Å². The van der Waals surface area contributed by atoms with E-state index in [-0.39, 0.29) is 15.9 Å². The Balaban J connectivity index is 1.77. The summed E-state index contributed by atoms with van der Waals surface area (Å²) in [4.78, 5) is 28.1. The molecule has 1 aromatic carbocycles. The number of amides is 1. The van der Waals surface area contributed by atoms with Crippen molar-refractivity contribution in [2.24, 2.45) is 11.8 Å². The number of nitrogens with one attached hydrogen (secondary N) is 1. The highest BCUT2D eigenvalue weighted by molar-refractivity contribution is 7.16. The van der Waals surface area contributed by atoms with Crippen LogP contribution in [0.25, 0.3) is 11.3 Å². The van der Waals surface area contributed by atoms with Crippen molar-refractivity contribution in [1.29, 1.82) is 5.26 Å². The standard InChI is InChI=1S/C18H16FN3O3S/c19-13-6-2-3-10(8-13)15-14(9-20)26-18(21-15)22-16(23)11-4-1-5-12(7-11)17(24)25/h2-3,6,8,11-12H,1,4-5,7H2,(H,24,25)(H,21,22,23). The summed E-state index contributed by atoms with van der Waals surface area (Å²) in [6, 6.07) is 7.76. The first-order chi connectivity index (χ1) is 12.5. The topological polar surface area (TPSA) is 103 Å². The number of halogens is 1. The summed E-state index contributed by atoms with van der Waals surface area (Å²) in [5.74, 6) is -2.51. The second-order valence-corrected chi connectivity index (χ2v) is 7.21. The predicted molar refractivity (Wildman–Crippen MR) is 93.9 cm³/mol. The summed E-state index contributed by atoms with van der Waals surface area (Å²) >= 11 is 1.02. The number of aliphatic carboxylic acids is 1. The van der Waals surface area contributed by atoms with E-state index < -0.39 is 23.6 Å². The summed E-state index contributed by atoms with van der Waals surface area (Å²) in [7, 11) is 0. The fourth-order valence-corrected chi connectivity index (χ4v) is 3.93. The van der Waals surface area contributed by atoms with Gasteiger partial charge in [0.15, 0.2) is 5.13 Å². The molecule has 1 heterocycles. The number of nitrogens with zero attached hydrogens (tertiary/aromatic N) is 2. The third-order valence-corrected chi connectivity index (χ3v) is 5.33. The van der Waals surface area contributed by atoms with E-state index in [1.165, 1.54) is 18.2 Å². The number of carboxylic acid groups (broad SMARTS) is 1. The molecule has 0 aliphatic heterocycles. The summed E-state index contributed by atoms with van der Waals surface area (Å²) in [6.07, 6.45) is 2.20. The number of carboxylic acids is 1. The van der Waals surface area contributed by atoms with E-state index in [0.29, 0.717) is 36.9 Å². The fraction of sp³-hybridized carbons (Fsp3) is 0.333. The zero-order valence-electron chi connectivity index (χ0n) is 13.7. The quantitative estimate of drug-likeness (QED) is 0.851. The third kappa shape index (κ3) is 3.89. The molecule has 8 heteroatoms. The summed E-state index contributed by atoms with van der Waals surface area (Å²) in [5.41, 5.74) is 0.779. The Morgan fingerprint density at radius 2 is 2.12 bits per heavy atom. The van der Waals surface area contributed by atoms with Crippen molar-refractivity contribution in [2.75, 3.05) is 5.32 Å². The Morgan fingerprint density at radius 1 is 1.35 bits per heavy atom. The number of hydrogen-bond donors (Lipinski definition) is 2. The number of hydrogen-bond acceptors (Lipinski definition) is 5. The SMILES string of the molecule is N#Cc1sc(NC(=O)C2CCCC(C(=O)O)C2)nc1-c1cccc(F)c1. The van der Waals surface area contributed by atoms with Crippen LogP contribution >= 0.6 is 11.3 Å². The van der Waals surface area contributed by atoms with E-state index in [4.69, 9.17) is 5.11 Å². The Bertz CT molecular complexity index is 890. The maximum Gasteiger partial charge on any atom is 0.306 e. The van der Waals surface area contributed by atoms with Crippen molar-refractivity contribution in [1.82, 2.24) is 4.98 Å². The van der Waals surface area contributed by atoms with Crippen molar-refractivity contribution in [2.45, 2.75) is 25.7 Å². The van der Waals surface area contributed by atoms with Gasteiger partial charge < -0.3 is 10.4 Å². The Morgan fingerprint density at radius 3 is 2.81 bits per heavy atom. The van der Waals surface area contributed by atoms with Gasteiger partial charge in [0.2, 0.25) is 5.91 Å². The number of thiazole rings is 1. The van der Waals surface area contributed by atoms with Gasteiger partial charge in [0.1, 0.15) is 22.5 Å². The first kappa shape index (κ1) is 18.0. The van der Waals surface area contributed by atoms with Crippen molar-refractivity contribution in [3.8, 4) is 17.3 Å². The van der Waals surface area contributed by atoms with Gasteiger partial charge in [-0.1, -0.05) is 29.9 Å². The molecule has 0 saturated heterocycles. The number of nitriles is 1. The molecule has 0 radical (unpaired) electrons. The van der Waals surface area contributed by atoms with E-state index in [1.54, 1.807) is 6.07 Å². The second-order valence-electron chi connectivity index (χ2n) is 6.21. The zero-order valence-corrected chi connectivity index (χ0v) is 14.6. The van der Waals surface area contributed by atoms with Gasteiger partial charge in [0, 0.05) is 11.5 Å². The molecule has 2 atom stereocenters. The average molecular weight is 373 g/mol. The lowest BCUT2D eigenvalue weighted by Crippen LogP contribution is -2.30. The summed E-state index contributed by atoms with van der Waals surface area (Å²) < 4.78 is 13.4. The number of benzene rings is 1. The molecule has 6 nitrogen and oxygen atoms in total. The first-order valence-electron chi connectivity index (χ1n) is 8.18. The number of anilines is 1. The molecule has 1 aromatic heterocycles. The number of carbonyl (C=O) groups is 2. The van der Waals surface area contributed by atoms with Crippen LogP contribution in [0.1, 0.15) is 30.6 Å². The van der Waals surface area contributed by atoms with Crippen LogP contribution in [0.2, 0.25) is 0 Å². The van der Waals surface area contributed by atoms with Crippen LogP contribution in [-0.2, 0) is 9.59 Å². The number of aromatic nitrogens is 1. The molecule has 0 spiro atoms. The molecular weight excluding hydrogens is 357 g/mol. The molecule has 1 aliphatic carbocycles. The van der Waals surface area contributed by atoms with Gasteiger partial charge in [-0.05, 0) is 31.4 Å². The zero-order chi connectivity index (χ0) is 18.7. The van der Waals surface area contributed by atoms with E-state index in [2.05, 4.69) is 10.3 Å². The lowest BCUT2D eigenvalue weighted by molar-refractivity contribution is -0.143. The molecule has 2 N–H and O–H groups in total. The monoisotopic (exact) mass is 373 g/mol. The van der Waals surface area contributed by atoms with Crippen LogP contribution in [0.4, 0.5) is 9.52 Å². The lowest BCUT2D eigenvalue weighted by Gasteiger charge is -2.25. The van der Waals surface area contributed by atoms with Crippen molar-refractivity contribution in [3.63, 3.8) is 0 Å². The average Bonchev–Trinajstić information content (AvgIpc) is 3.04. The van der Waals surface area contributed by atoms with Crippen molar-refractivity contribution >= 4 is 28.3 Å². The molecule has 1 saturated carbocycles. The fourth-order valence-electron chi connectivity index (χ4n) is 3.14. The van der Waals surface area contributed by atoms with Gasteiger partial charge in [0.25, 0.3) is 0 Å². The number of carbonyl (C=O) groups excluding carboxylic acids is 1. The highest BCUT2D eigenvalue weighted by Crippen LogP contribution is 2.33. The smallest absolute Gasteiger partial charge is 0.306 e. The Labute approximate surface area is 153 Å². The van der Waals surface area contributed by atoms with Crippen LogP contribution in [0, 0.1) is 29.0 Å². The van der Waals surface area contributed by atoms with E-state index in [9.17, 15) is 19.2 Å². The molecule has 2 unspecified atom stereocenters. The minimum atomic E-state index is -0.878. The molecule has 1 amide bonds. The van der Waals surface area contributed by atoms with Crippen molar-refractivity contribution in [3.05, 3.63) is 35.0 Å². The van der Waals surface area contributed by atoms with Gasteiger partial charge in [0.05, 0.1) is 5.92 Å². The molecule has 1 fully saturated rings. The molecule has 0 bridgehead atoms. The maximum absolute atomic E-state index is 13.4. The van der Waals surface area contributed by atoms with Crippen molar-refractivity contribution < 1.29 is 19.1 Å². The van der Waals surface area contributed by atoms with Gasteiger partial charge in [-0.3, -0.25) is 9.59 Å². The van der Waals surface area contributed by atoms with E-state index >= 15 is 0 Å². The highest BCUT2D eigenvalue weighted by Gasteiger charge is 2.31. The molecule has 3 rings (SSSR count). The lowest BCUT2D eigenvalue weighted by atomic mass is 9.81. The predicted octanol–water partition coefficient (Wildman–Crippen LogP) is 3.65. The first-order valence-corrected chi connectivity index (χ1v) is 9.00. The summed E-state index contributed by atoms with van der Waals surface area (Å²) in [6.45, 7) is 0. The van der Waals surface area contributed by atoms with Gasteiger partial charge in [-0.15, -0.1) is 0 Å². The number of rotatable bonds is 4. The van der Waals surface area contributed by atoms with Gasteiger partial charge in [-0.25, -0.2) is 9.37 Å². The largest absolute Gasteiger partial charge is 0.481 e. The second kappa shape index (κ2) is 7.62. The van der Waals surface area contributed by atoms with Crippen LogP contribution in [0.15, 0.2) is 24.3 Å². The minimum absolute atomic E-state index is 0.253. The van der Waals surface area contributed by atoms with Crippen LogP contribution < -0.4 is 5.32 Å². The van der Waals surface area contributed by atoms with Gasteiger partial charge >= 0.3 is 5.97 Å². The summed E-state index contributed by atoms with van der Waals surface area (Å²) in [5, 5.41) is 21.4. The van der Waals surface area contributed by atoms with Crippen LogP contribution in [-0.4, -0.2) is 22.0 Å². The van der Waals surface area contributed by atoms with E-state index in [0.717, 1.165) is 11.3 Å². The molecule has 134 valence electrons. The minimum Gasteiger partial charge on any atom is -0.481 e. The Hall–Kier alpha value is -2.79. The molecular formula is C18H16FN3O3S. The van der Waals surface area contributed by atoms with Gasteiger partial charge in [-0.2, -0.15) is 5.26 Å². The third-order valence-electron chi connectivity index (χ3n) is 4.45. The Kier molecular flexibility index (Phi) is 5.28.